The van der Waals surface area contributed by atoms with Crippen LogP contribution in [0.1, 0.15) is 25.3 Å². The van der Waals surface area contributed by atoms with E-state index in [1.54, 1.807) is 17.3 Å². The zero-order chi connectivity index (χ0) is 14.5. The zero-order valence-corrected chi connectivity index (χ0v) is 12.9. The van der Waals surface area contributed by atoms with Gasteiger partial charge >= 0.3 is 0 Å². The predicted octanol–water partition coefficient (Wildman–Crippen LogP) is 0.743. The lowest BCUT2D eigenvalue weighted by Gasteiger charge is -2.34. The van der Waals surface area contributed by atoms with Crippen molar-refractivity contribution in [3.8, 4) is 0 Å². The monoisotopic (exact) mass is 299 g/mol. The van der Waals surface area contributed by atoms with Gasteiger partial charge in [-0.1, -0.05) is 5.16 Å². The minimum absolute atomic E-state index is 0.0827. The van der Waals surface area contributed by atoms with Crippen molar-refractivity contribution < 1.29 is 12.9 Å². The molecule has 3 rings (SSSR count). The quantitative estimate of drug-likeness (QED) is 0.891. The lowest BCUT2D eigenvalue weighted by atomic mass is 9.85. The van der Waals surface area contributed by atoms with E-state index < -0.39 is 10.0 Å². The molecule has 0 spiro atoms. The molecule has 2 saturated heterocycles. The third kappa shape index (κ3) is 2.17. The van der Waals surface area contributed by atoms with Gasteiger partial charge in [-0.25, -0.2) is 8.42 Å². The van der Waals surface area contributed by atoms with Crippen molar-refractivity contribution in [1.29, 1.82) is 0 Å². The molecule has 0 aliphatic carbocycles. The molecule has 2 atom stereocenters. The van der Waals surface area contributed by atoms with Gasteiger partial charge in [0.25, 0.3) is 0 Å². The predicted molar refractivity (Wildman–Crippen MR) is 74.5 cm³/mol. The molecule has 7 heteroatoms. The van der Waals surface area contributed by atoms with Gasteiger partial charge in [0, 0.05) is 24.7 Å². The highest BCUT2D eigenvalue weighted by Crippen LogP contribution is 2.42. The number of aromatic nitrogens is 1. The van der Waals surface area contributed by atoms with Gasteiger partial charge < -0.3 is 9.84 Å². The summed E-state index contributed by atoms with van der Waals surface area (Å²) in [5, 5.41) is 7.16. The van der Waals surface area contributed by atoms with Gasteiger partial charge in [0.2, 0.25) is 10.0 Å². The summed E-state index contributed by atoms with van der Waals surface area (Å²) in [7, 11) is -3.37. The third-order valence-corrected chi connectivity index (χ3v) is 6.58. The summed E-state index contributed by atoms with van der Waals surface area (Å²) in [4.78, 5) is 0. The fourth-order valence-corrected chi connectivity index (χ4v) is 5.54. The highest BCUT2D eigenvalue weighted by molar-refractivity contribution is 7.88. The molecule has 1 N–H and O–H groups in total. The van der Waals surface area contributed by atoms with E-state index in [0.29, 0.717) is 29.8 Å². The smallest absolute Gasteiger partial charge is 0.220 e. The van der Waals surface area contributed by atoms with Crippen LogP contribution >= 0.6 is 0 Å². The molecule has 2 fully saturated rings. The highest BCUT2D eigenvalue weighted by Gasteiger charge is 2.53. The number of sulfonamides is 1. The highest BCUT2D eigenvalue weighted by atomic mass is 32.2. The molecule has 0 amide bonds. The first-order valence-electron chi connectivity index (χ1n) is 6.94. The molecule has 0 saturated carbocycles. The Kier molecular flexibility index (Phi) is 3.19. The van der Waals surface area contributed by atoms with Gasteiger partial charge in [-0.15, -0.1) is 0 Å². The second-order valence-corrected chi connectivity index (χ2v) is 8.29. The summed E-state index contributed by atoms with van der Waals surface area (Å²) in [6.45, 7) is 8.21. The van der Waals surface area contributed by atoms with Crippen LogP contribution in [-0.2, 0) is 15.8 Å². The maximum Gasteiger partial charge on any atom is 0.220 e. The van der Waals surface area contributed by atoms with Crippen LogP contribution in [0.5, 0.6) is 0 Å². The Morgan fingerprint density at radius 2 is 2.25 bits per heavy atom. The number of nitrogens with one attached hydrogen (secondary N) is 1. The topological polar surface area (TPSA) is 75.4 Å². The van der Waals surface area contributed by atoms with E-state index in [1.807, 2.05) is 13.8 Å². The zero-order valence-electron chi connectivity index (χ0n) is 12.1. The minimum Gasteiger partial charge on any atom is -0.361 e. The van der Waals surface area contributed by atoms with Crippen LogP contribution in [-0.4, -0.2) is 43.1 Å². The van der Waals surface area contributed by atoms with Gasteiger partial charge in [-0.2, -0.15) is 4.31 Å². The van der Waals surface area contributed by atoms with Crippen LogP contribution in [0.2, 0.25) is 0 Å². The fraction of sp³-hybridized carbons (Fsp3) is 0.769. The van der Waals surface area contributed by atoms with E-state index in [4.69, 9.17) is 4.52 Å². The molecule has 20 heavy (non-hydrogen) atoms. The van der Waals surface area contributed by atoms with E-state index >= 15 is 0 Å². The largest absolute Gasteiger partial charge is 0.361 e. The Labute approximate surface area is 119 Å². The van der Waals surface area contributed by atoms with Crippen molar-refractivity contribution in [1.82, 2.24) is 14.8 Å². The van der Waals surface area contributed by atoms with Crippen molar-refractivity contribution >= 4 is 10.0 Å². The molecule has 3 heterocycles. The number of rotatable bonds is 3. The number of hydrogen-bond donors (Lipinski definition) is 1. The summed E-state index contributed by atoms with van der Waals surface area (Å²) >= 11 is 0. The van der Waals surface area contributed by atoms with Crippen LogP contribution in [0, 0.1) is 18.8 Å². The number of aryl methyl sites for hydroxylation is 1. The average Bonchev–Trinajstić information content (AvgIpc) is 2.98. The normalized spacial score (nSPS) is 29.8. The summed E-state index contributed by atoms with van der Waals surface area (Å²) in [6.07, 6.45) is 0. The lowest BCUT2D eigenvalue weighted by Crippen LogP contribution is -2.47. The molecule has 112 valence electrons. The summed E-state index contributed by atoms with van der Waals surface area (Å²) in [5.74, 6) is 1.35. The van der Waals surface area contributed by atoms with Gasteiger partial charge in [-0.05, 0) is 39.2 Å². The standard InChI is InChI=1S/C13H21N3O3S/c1-9-4-11(15-19-9)8-20(17,18)16-7-10-5-14-6-12(10)13(16,2)3/h4,10,12,14H,5-8H2,1-3H3. The lowest BCUT2D eigenvalue weighted by molar-refractivity contribution is 0.233. The minimum atomic E-state index is -3.37. The SMILES string of the molecule is Cc1cc(CS(=O)(=O)N2CC3CNCC3C2(C)C)no1. The third-order valence-electron chi connectivity index (χ3n) is 4.63. The first kappa shape index (κ1) is 14.0. The summed E-state index contributed by atoms with van der Waals surface area (Å²) in [6, 6.07) is 1.68. The second kappa shape index (κ2) is 4.54. The molecule has 2 aliphatic rings. The molecule has 1 aromatic heterocycles. The molecule has 0 radical (unpaired) electrons. The van der Waals surface area contributed by atoms with Crippen LogP contribution in [0.4, 0.5) is 0 Å². The Morgan fingerprint density at radius 1 is 1.50 bits per heavy atom. The maximum atomic E-state index is 12.7. The number of nitrogens with zero attached hydrogens (tertiary/aromatic N) is 2. The first-order valence-corrected chi connectivity index (χ1v) is 8.55. The van der Waals surface area contributed by atoms with Gasteiger partial charge in [0.15, 0.2) is 0 Å². The van der Waals surface area contributed by atoms with Gasteiger partial charge in [0.05, 0.1) is 0 Å². The van der Waals surface area contributed by atoms with E-state index in [2.05, 4.69) is 10.5 Å². The van der Waals surface area contributed by atoms with E-state index in [1.165, 1.54) is 0 Å². The molecular formula is C13H21N3O3S. The van der Waals surface area contributed by atoms with Crippen LogP contribution in [0.25, 0.3) is 0 Å². The van der Waals surface area contributed by atoms with Crippen molar-refractivity contribution in [3.63, 3.8) is 0 Å². The molecule has 0 bridgehead atoms. The Morgan fingerprint density at radius 3 is 2.85 bits per heavy atom. The second-order valence-electron chi connectivity index (χ2n) is 6.39. The van der Waals surface area contributed by atoms with Crippen LogP contribution in [0.15, 0.2) is 10.6 Å². The number of fused-ring (bicyclic) bond motifs is 1. The van der Waals surface area contributed by atoms with E-state index in [9.17, 15) is 8.42 Å². The van der Waals surface area contributed by atoms with Gasteiger partial charge in [0.1, 0.15) is 17.2 Å². The Bertz CT molecular complexity index is 608. The van der Waals surface area contributed by atoms with E-state index in [0.717, 1.165) is 13.1 Å². The molecule has 2 aliphatic heterocycles. The van der Waals surface area contributed by atoms with Gasteiger partial charge in [-0.3, -0.25) is 0 Å². The maximum absolute atomic E-state index is 12.7. The fourth-order valence-electron chi connectivity index (χ4n) is 3.61. The molecular weight excluding hydrogens is 278 g/mol. The summed E-state index contributed by atoms with van der Waals surface area (Å²) in [5.41, 5.74) is 0.139. The van der Waals surface area contributed by atoms with Crippen molar-refractivity contribution in [3.05, 3.63) is 17.5 Å². The van der Waals surface area contributed by atoms with Crippen molar-refractivity contribution in [2.45, 2.75) is 32.1 Å². The Balaban J connectivity index is 1.84. The van der Waals surface area contributed by atoms with Crippen LogP contribution < -0.4 is 5.32 Å². The number of hydrogen-bond acceptors (Lipinski definition) is 5. The van der Waals surface area contributed by atoms with Crippen molar-refractivity contribution in [2.24, 2.45) is 11.8 Å². The molecule has 2 unspecified atom stereocenters. The van der Waals surface area contributed by atoms with Crippen LogP contribution in [0.3, 0.4) is 0 Å². The van der Waals surface area contributed by atoms with Crippen molar-refractivity contribution in [2.75, 3.05) is 19.6 Å². The molecule has 0 aromatic carbocycles. The molecule has 1 aromatic rings. The first-order chi connectivity index (χ1) is 9.30. The Hall–Kier alpha value is -0.920. The summed E-state index contributed by atoms with van der Waals surface area (Å²) < 4.78 is 32.0. The van der Waals surface area contributed by atoms with E-state index in [-0.39, 0.29) is 11.3 Å². The average molecular weight is 299 g/mol. The molecule has 6 nitrogen and oxygen atoms in total.